The number of benzene rings is 4. The SMILES string of the molecule is CCC1=Nc2cccc3c2C1Cc1cc(C2=Nc4ccccc4C4=Nc5ccccc5[C@@H]24)ccc1O3. The first kappa shape index (κ1) is 19.9. The van der Waals surface area contributed by atoms with Gasteiger partial charge in [0.15, 0.2) is 0 Å². The summed E-state index contributed by atoms with van der Waals surface area (Å²) in [5, 5.41) is 0. The average Bonchev–Trinajstić information content (AvgIpc) is 3.43. The summed E-state index contributed by atoms with van der Waals surface area (Å²) in [7, 11) is 0. The molecule has 0 aliphatic carbocycles. The van der Waals surface area contributed by atoms with E-state index < -0.39 is 0 Å². The van der Waals surface area contributed by atoms with Gasteiger partial charge in [0.05, 0.1) is 34.4 Å². The van der Waals surface area contributed by atoms with Crippen molar-refractivity contribution in [1.29, 1.82) is 0 Å². The minimum atomic E-state index is 0.0314. The summed E-state index contributed by atoms with van der Waals surface area (Å²) in [4.78, 5) is 15.2. The van der Waals surface area contributed by atoms with Crippen molar-refractivity contribution in [3.63, 3.8) is 0 Å². The third-order valence-corrected chi connectivity index (χ3v) is 7.88. The second kappa shape index (κ2) is 7.34. The summed E-state index contributed by atoms with van der Waals surface area (Å²) in [6, 6.07) is 29.6. The summed E-state index contributed by atoms with van der Waals surface area (Å²) in [5.41, 5.74) is 12.4. The normalized spacial score (nSPS) is 20.0. The zero-order chi connectivity index (χ0) is 23.8. The zero-order valence-corrected chi connectivity index (χ0v) is 19.9. The Bertz CT molecular complexity index is 1690. The lowest BCUT2D eigenvalue weighted by Crippen LogP contribution is -2.24. The van der Waals surface area contributed by atoms with Crippen molar-refractivity contribution >= 4 is 34.2 Å². The first-order chi connectivity index (χ1) is 17.8. The number of fused-ring (bicyclic) bond motifs is 6. The van der Waals surface area contributed by atoms with Crippen LogP contribution in [0.3, 0.4) is 0 Å². The molecule has 4 nitrogen and oxygen atoms in total. The molecule has 4 aromatic rings. The fourth-order valence-corrected chi connectivity index (χ4v) is 6.23. The molecule has 4 heterocycles. The van der Waals surface area contributed by atoms with Crippen molar-refractivity contribution in [3.8, 4) is 11.5 Å². The van der Waals surface area contributed by atoms with Gasteiger partial charge in [-0.1, -0.05) is 49.4 Å². The van der Waals surface area contributed by atoms with E-state index in [-0.39, 0.29) is 11.8 Å². The molecule has 8 rings (SSSR count). The number of hydrogen-bond donors (Lipinski definition) is 0. The van der Waals surface area contributed by atoms with Gasteiger partial charge in [0.25, 0.3) is 0 Å². The van der Waals surface area contributed by atoms with Crippen molar-refractivity contribution in [3.05, 3.63) is 113 Å². The molecule has 0 amide bonds. The molecule has 1 unspecified atom stereocenters. The van der Waals surface area contributed by atoms with Crippen LogP contribution in [0.1, 0.15) is 53.0 Å². The van der Waals surface area contributed by atoms with Gasteiger partial charge in [-0.05, 0) is 72.0 Å². The molecule has 0 N–H and O–H groups in total. The van der Waals surface area contributed by atoms with Crippen LogP contribution in [0.5, 0.6) is 11.5 Å². The number of ether oxygens (including phenoxy) is 1. The monoisotopic (exact) mass is 465 g/mol. The molecule has 0 spiro atoms. The lowest BCUT2D eigenvalue weighted by Gasteiger charge is -2.24. The minimum Gasteiger partial charge on any atom is -0.457 e. The maximum atomic E-state index is 6.49. The summed E-state index contributed by atoms with van der Waals surface area (Å²) in [6.07, 6.45) is 1.82. The van der Waals surface area contributed by atoms with Gasteiger partial charge in [0.2, 0.25) is 0 Å². The van der Waals surface area contributed by atoms with Gasteiger partial charge in [-0.15, -0.1) is 0 Å². The number of rotatable bonds is 2. The Balaban J connectivity index is 1.29. The maximum Gasteiger partial charge on any atom is 0.133 e. The Morgan fingerprint density at radius 3 is 2.47 bits per heavy atom. The fourth-order valence-electron chi connectivity index (χ4n) is 6.23. The number of hydrogen-bond acceptors (Lipinski definition) is 4. The van der Waals surface area contributed by atoms with Gasteiger partial charge in [-0.2, -0.15) is 0 Å². The molecule has 0 radical (unpaired) electrons. The van der Waals surface area contributed by atoms with Gasteiger partial charge in [-0.3, -0.25) is 15.0 Å². The quantitative estimate of drug-likeness (QED) is 0.296. The molecule has 4 heteroatoms. The van der Waals surface area contributed by atoms with Crippen LogP contribution in [-0.2, 0) is 6.42 Å². The van der Waals surface area contributed by atoms with E-state index in [9.17, 15) is 0 Å². The molecular weight excluding hydrogens is 442 g/mol. The largest absolute Gasteiger partial charge is 0.457 e. The molecule has 0 fully saturated rings. The van der Waals surface area contributed by atoms with Gasteiger partial charge >= 0.3 is 0 Å². The Morgan fingerprint density at radius 2 is 1.56 bits per heavy atom. The van der Waals surface area contributed by atoms with E-state index in [1.165, 1.54) is 22.4 Å². The first-order valence-electron chi connectivity index (χ1n) is 12.7. The van der Waals surface area contributed by atoms with Gasteiger partial charge in [-0.25, -0.2) is 0 Å². The first-order valence-corrected chi connectivity index (χ1v) is 12.7. The van der Waals surface area contributed by atoms with Crippen molar-refractivity contribution in [2.75, 3.05) is 0 Å². The number of nitrogens with zero attached hydrogens (tertiary/aromatic N) is 3. The minimum absolute atomic E-state index is 0.0314. The molecule has 4 aliphatic rings. The predicted molar refractivity (Wildman–Crippen MR) is 145 cm³/mol. The van der Waals surface area contributed by atoms with Gasteiger partial charge < -0.3 is 4.74 Å². The highest BCUT2D eigenvalue weighted by atomic mass is 16.5. The van der Waals surface area contributed by atoms with E-state index >= 15 is 0 Å². The van der Waals surface area contributed by atoms with E-state index in [0.717, 1.165) is 64.0 Å². The van der Waals surface area contributed by atoms with Crippen molar-refractivity contribution < 1.29 is 4.74 Å². The third kappa shape index (κ3) is 2.73. The highest BCUT2D eigenvalue weighted by Crippen LogP contribution is 2.50. The van der Waals surface area contributed by atoms with Crippen LogP contribution in [0, 0.1) is 0 Å². The molecule has 0 saturated heterocycles. The Hall–Kier alpha value is -4.31. The van der Waals surface area contributed by atoms with Crippen LogP contribution in [0.25, 0.3) is 0 Å². The van der Waals surface area contributed by atoms with Crippen LogP contribution < -0.4 is 4.74 Å². The molecule has 36 heavy (non-hydrogen) atoms. The zero-order valence-electron chi connectivity index (χ0n) is 19.9. The molecule has 2 atom stereocenters. The van der Waals surface area contributed by atoms with Crippen LogP contribution >= 0.6 is 0 Å². The lowest BCUT2D eigenvalue weighted by atomic mass is 9.81. The molecule has 0 bridgehead atoms. The van der Waals surface area contributed by atoms with Crippen LogP contribution in [-0.4, -0.2) is 17.1 Å². The van der Waals surface area contributed by atoms with Crippen molar-refractivity contribution in [2.45, 2.75) is 31.6 Å². The topological polar surface area (TPSA) is 46.3 Å². The van der Waals surface area contributed by atoms with Gasteiger partial charge in [0.1, 0.15) is 11.5 Å². The number of aliphatic imine (C=N–C) groups is 3. The Labute approximate surface area is 209 Å². The highest BCUT2D eigenvalue weighted by molar-refractivity contribution is 6.30. The standard InChI is InChI=1S/C32H23N3O/c1-2-23-22-17-19-16-18(14-15-27(19)36-28-13-7-12-26(33-23)29(22)28)31-30-20-8-3-5-10-24(20)35-32(30)21-9-4-6-11-25(21)34-31/h3-16,22,30H,2,17H2,1H3/t22?,30-/m0/s1. The predicted octanol–water partition coefficient (Wildman–Crippen LogP) is 7.97. The molecule has 0 aromatic heterocycles. The van der Waals surface area contributed by atoms with E-state index in [2.05, 4.69) is 79.7 Å². The summed E-state index contributed by atoms with van der Waals surface area (Å²) >= 11 is 0. The van der Waals surface area contributed by atoms with E-state index in [1.54, 1.807) is 0 Å². The van der Waals surface area contributed by atoms with Crippen molar-refractivity contribution in [2.24, 2.45) is 15.0 Å². The van der Waals surface area contributed by atoms with Crippen LogP contribution in [0.15, 0.2) is 99.9 Å². The Morgan fingerprint density at radius 1 is 0.750 bits per heavy atom. The maximum absolute atomic E-state index is 6.49. The van der Waals surface area contributed by atoms with E-state index in [0.29, 0.717) is 0 Å². The fraction of sp³-hybridized carbons (Fsp3) is 0.156. The number of para-hydroxylation sites is 2. The summed E-state index contributed by atoms with van der Waals surface area (Å²) in [5.74, 6) is 2.15. The van der Waals surface area contributed by atoms with Crippen LogP contribution in [0.4, 0.5) is 17.1 Å². The van der Waals surface area contributed by atoms with Crippen molar-refractivity contribution in [1.82, 2.24) is 0 Å². The summed E-state index contributed by atoms with van der Waals surface area (Å²) < 4.78 is 6.49. The van der Waals surface area contributed by atoms with E-state index in [4.69, 9.17) is 19.7 Å². The molecule has 172 valence electrons. The summed E-state index contributed by atoms with van der Waals surface area (Å²) in [6.45, 7) is 2.19. The molecule has 4 aliphatic heterocycles. The van der Waals surface area contributed by atoms with Crippen LogP contribution in [0.2, 0.25) is 0 Å². The lowest BCUT2D eigenvalue weighted by molar-refractivity contribution is 0.479. The van der Waals surface area contributed by atoms with E-state index in [1.807, 2.05) is 12.1 Å². The van der Waals surface area contributed by atoms with Gasteiger partial charge in [0, 0.05) is 22.8 Å². The second-order valence-corrected chi connectivity index (χ2v) is 9.83. The highest BCUT2D eigenvalue weighted by Gasteiger charge is 2.38. The second-order valence-electron chi connectivity index (χ2n) is 9.83. The molecule has 0 saturated carbocycles. The average molecular weight is 466 g/mol. The molecular formula is C32H23N3O. The molecule has 4 aromatic carbocycles. The third-order valence-electron chi connectivity index (χ3n) is 7.88. The smallest absolute Gasteiger partial charge is 0.133 e. The Kier molecular flexibility index (Phi) is 4.07.